The smallest absolute Gasteiger partial charge is 0.265 e. The van der Waals surface area contributed by atoms with Crippen molar-refractivity contribution >= 4 is 17.4 Å². The Morgan fingerprint density at radius 2 is 1.71 bits per heavy atom. The maximum Gasteiger partial charge on any atom is 0.265 e. The molecule has 1 amide bonds. The molecule has 0 heterocycles. The number of carbonyl (C=O) groups excluding carboxylic acids is 2. The topological polar surface area (TPSA) is 55.4 Å². The molecule has 0 fully saturated rings. The largest absolute Gasteiger partial charge is 0.481 e. The minimum Gasteiger partial charge on any atom is -0.481 e. The molecule has 2 aromatic rings. The Morgan fingerprint density at radius 1 is 1.00 bits per heavy atom. The van der Waals surface area contributed by atoms with Crippen molar-refractivity contribution in [2.24, 2.45) is 0 Å². The highest BCUT2D eigenvalue weighted by atomic mass is 16.5. The fourth-order valence-electron chi connectivity index (χ4n) is 2.37. The predicted octanol–water partition coefficient (Wildman–Crippen LogP) is 4.42. The van der Waals surface area contributed by atoms with E-state index in [1.54, 1.807) is 31.2 Å². The molecule has 0 aliphatic carbocycles. The van der Waals surface area contributed by atoms with Crippen LogP contribution in [-0.2, 0) is 4.79 Å². The molecular weight excluding hydrogens is 302 g/mol. The lowest BCUT2D eigenvalue weighted by atomic mass is 10.0. The van der Waals surface area contributed by atoms with Crippen molar-refractivity contribution in [2.45, 2.75) is 39.7 Å². The Hall–Kier alpha value is -2.62. The minimum atomic E-state index is -0.647. The first-order valence-corrected chi connectivity index (χ1v) is 8.06. The van der Waals surface area contributed by atoms with Gasteiger partial charge in [0.15, 0.2) is 11.9 Å². The van der Waals surface area contributed by atoms with Gasteiger partial charge in [0.25, 0.3) is 5.91 Å². The second-order valence-electron chi connectivity index (χ2n) is 6.08. The van der Waals surface area contributed by atoms with Gasteiger partial charge in [0.1, 0.15) is 5.75 Å². The number of amides is 1. The third-order valence-electron chi connectivity index (χ3n) is 3.75. The molecule has 1 unspecified atom stereocenters. The number of benzene rings is 2. The van der Waals surface area contributed by atoms with Gasteiger partial charge >= 0.3 is 0 Å². The maximum atomic E-state index is 12.4. The summed E-state index contributed by atoms with van der Waals surface area (Å²) in [6, 6.07) is 14.6. The Morgan fingerprint density at radius 3 is 2.38 bits per heavy atom. The van der Waals surface area contributed by atoms with Crippen LogP contribution in [0.25, 0.3) is 0 Å². The highest BCUT2D eigenvalue weighted by Gasteiger charge is 2.17. The van der Waals surface area contributed by atoms with Crippen LogP contribution in [0.1, 0.15) is 49.5 Å². The molecule has 126 valence electrons. The quantitative estimate of drug-likeness (QED) is 0.800. The van der Waals surface area contributed by atoms with Crippen LogP contribution in [0.2, 0.25) is 0 Å². The Bertz CT molecular complexity index is 737. The lowest BCUT2D eigenvalue weighted by molar-refractivity contribution is -0.122. The monoisotopic (exact) mass is 325 g/mol. The van der Waals surface area contributed by atoms with E-state index in [-0.39, 0.29) is 11.7 Å². The summed E-state index contributed by atoms with van der Waals surface area (Å²) in [5.74, 6) is 0.729. The number of carbonyl (C=O) groups is 2. The molecule has 1 N–H and O–H groups in total. The van der Waals surface area contributed by atoms with Gasteiger partial charge in [-0.2, -0.15) is 0 Å². The minimum absolute atomic E-state index is 0.0405. The van der Waals surface area contributed by atoms with Crippen molar-refractivity contribution in [1.82, 2.24) is 0 Å². The molecule has 0 aliphatic rings. The van der Waals surface area contributed by atoms with Gasteiger partial charge in [0.05, 0.1) is 0 Å². The second-order valence-corrected chi connectivity index (χ2v) is 6.08. The van der Waals surface area contributed by atoms with Gasteiger partial charge in [-0.15, -0.1) is 0 Å². The number of ether oxygens (including phenoxy) is 1. The molecule has 0 aliphatic heterocycles. The standard InChI is InChI=1S/C20H23NO3/c1-13(2)18-10-5-6-11-19(18)24-15(4)20(23)21-17-9-7-8-16(12-17)14(3)22/h5-13,15H,1-4H3,(H,21,23). The number of anilines is 1. The van der Waals surface area contributed by atoms with E-state index in [1.165, 1.54) is 6.92 Å². The molecule has 4 heteroatoms. The second kappa shape index (κ2) is 7.77. The van der Waals surface area contributed by atoms with Gasteiger partial charge in [-0.25, -0.2) is 0 Å². The van der Waals surface area contributed by atoms with Gasteiger partial charge in [-0.1, -0.05) is 44.2 Å². The first-order chi connectivity index (χ1) is 11.4. The van der Waals surface area contributed by atoms with Crippen molar-refractivity contribution in [2.75, 3.05) is 5.32 Å². The first kappa shape index (κ1) is 17.7. The van der Waals surface area contributed by atoms with Crippen LogP contribution >= 0.6 is 0 Å². The van der Waals surface area contributed by atoms with Crippen molar-refractivity contribution < 1.29 is 14.3 Å². The third-order valence-corrected chi connectivity index (χ3v) is 3.75. The average Bonchev–Trinajstić information content (AvgIpc) is 2.55. The van der Waals surface area contributed by atoms with E-state index in [2.05, 4.69) is 19.2 Å². The van der Waals surface area contributed by atoms with E-state index >= 15 is 0 Å². The van der Waals surface area contributed by atoms with Crippen LogP contribution in [0.15, 0.2) is 48.5 Å². The molecule has 2 aromatic carbocycles. The fourth-order valence-corrected chi connectivity index (χ4v) is 2.37. The molecule has 0 spiro atoms. The van der Waals surface area contributed by atoms with Crippen LogP contribution in [-0.4, -0.2) is 17.8 Å². The number of Topliss-reactive ketones (excluding diaryl/α,β-unsaturated/α-hetero) is 1. The molecule has 0 saturated carbocycles. The highest BCUT2D eigenvalue weighted by molar-refractivity contribution is 5.98. The summed E-state index contributed by atoms with van der Waals surface area (Å²) in [5, 5.41) is 2.79. The van der Waals surface area contributed by atoms with Crippen LogP contribution < -0.4 is 10.1 Å². The molecule has 0 radical (unpaired) electrons. The van der Waals surface area contributed by atoms with Gasteiger partial charge in [0.2, 0.25) is 0 Å². The predicted molar refractivity (Wildman–Crippen MR) is 95.7 cm³/mol. The van der Waals surface area contributed by atoms with E-state index in [9.17, 15) is 9.59 Å². The van der Waals surface area contributed by atoms with E-state index in [4.69, 9.17) is 4.74 Å². The number of para-hydroxylation sites is 1. The normalized spacial score (nSPS) is 11.9. The van der Waals surface area contributed by atoms with Crippen LogP contribution in [0.3, 0.4) is 0 Å². The van der Waals surface area contributed by atoms with E-state index < -0.39 is 6.10 Å². The summed E-state index contributed by atoms with van der Waals surface area (Å²) in [7, 11) is 0. The van der Waals surface area contributed by atoms with E-state index in [0.29, 0.717) is 22.9 Å². The highest BCUT2D eigenvalue weighted by Crippen LogP contribution is 2.26. The summed E-state index contributed by atoms with van der Waals surface area (Å²) < 4.78 is 5.84. The molecule has 0 saturated heterocycles. The Kier molecular flexibility index (Phi) is 5.74. The molecule has 2 rings (SSSR count). The van der Waals surface area contributed by atoms with Crippen LogP contribution in [0.4, 0.5) is 5.69 Å². The fraction of sp³-hybridized carbons (Fsp3) is 0.300. The Balaban J connectivity index is 2.08. The number of rotatable bonds is 6. The lowest BCUT2D eigenvalue weighted by Gasteiger charge is -2.18. The summed E-state index contributed by atoms with van der Waals surface area (Å²) >= 11 is 0. The number of hydrogen-bond acceptors (Lipinski definition) is 3. The van der Waals surface area contributed by atoms with Gasteiger partial charge in [0, 0.05) is 11.3 Å². The Labute approximate surface area is 142 Å². The number of nitrogens with one attached hydrogen (secondary N) is 1. The van der Waals surface area contributed by atoms with Crippen molar-refractivity contribution in [3.8, 4) is 5.75 Å². The number of ketones is 1. The zero-order valence-corrected chi connectivity index (χ0v) is 14.5. The van der Waals surface area contributed by atoms with Gasteiger partial charge < -0.3 is 10.1 Å². The van der Waals surface area contributed by atoms with Crippen molar-refractivity contribution in [3.63, 3.8) is 0 Å². The van der Waals surface area contributed by atoms with E-state index in [1.807, 2.05) is 24.3 Å². The third kappa shape index (κ3) is 4.44. The van der Waals surface area contributed by atoms with Gasteiger partial charge in [-0.05, 0) is 43.5 Å². The summed E-state index contributed by atoms with van der Waals surface area (Å²) in [4.78, 5) is 23.8. The molecule has 0 bridgehead atoms. The zero-order chi connectivity index (χ0) is 17.7. The summed E-state index contributed by atoms with van der Waals surface area (Å²) in [6.07, 6.45) is -0.647. The van der Waals surface area contributed by atoms with Crippen LogP contribution in [0, 0.1) is 0 Å². The number of hydrogen-bond donors (Lipinski definition) is 1. The molecule has 0 aromatic heterocycles. The average molecular weight is 325 g/mol. The SMILES string of the molecule is CC(=O)c1cccc(NC(=O)C(C)Oc2ccccc2C(C)C)c1. The molecule has 1 atom stereocenters. The summed E-state index contributed by atoms with van der Waals surface area (Å²) in [5.41, 5.74) is 2.21. The van der Waals surface area contributed by atoms with Crippen molar-refractivity contribution in [1.29, 1.82) is 0 Å². The lowest BCUT2D eigenvalue weighted by Crippen LogP contribution is -2.30. The van der Waals surface area contributed by atoms with Crippen molar-refractivity contribution in [3.05, 3.63) is 59.7 Å². The van der Waals surface area contributed by atoms with Gasteiger partial charge in [-0.3, -0.25) is 9.59 Å². The summed E-state index contributed by atoms with van der Waals surface area (Å²) in [6.45, 7) is 7.37. The molecular formula is C20H23NO3. The van der Waals surface area contributed by atoms with Crippen LogP contribution in [0.5, 0.6) is 5.75 Å². The zero-order valence-electron chi connectivity index (χ0n) is 14.5. The maximum absolute atomic E-state index is 12.4. The molecule has 24 heavy (non-hydrogen) atoms. The molecule has 4 nitrogen and oxygen atoms in total. The van der Waals surface area contributed by atoms with E-state index in [0.717, 1.165) is 5.56 Å². The first-order valence-electron chi connectivity index (χ1n) is 8.06.